The van der Waals surface area contributed by atoms with Crippen molar-refractivity contribution in [1.82, 2.24) is 9.88 Å². The highest BCUT2D eigenvalue weighted by Crippen LogP contribution is 2.39. The number of non-ortho nitro benzene ring substituents is 1. The average molecular weight is 492 g/mol. The van der Waals surface area contributed by atoms with Gasteiger partial charge in [-0.25, -0.2) is 0 Å². The zero-order valence-electron chi connectivity index (χ0n) is 19.3. The second-order valence-electron chi connectivity index (χ2n) is 8.28. The van der Waals surface area contributed by atoms with E-state index < -0.39 is 10.8 Å². The number of benzene rings is 3. The molecular weight excluding hydrogens is 466 g/mol. The normalized spacial score (nSPS) is 11.9. The lowest BCUT2D eigenvalue weighted by molar-refractivity contribution is -0.384. The Hall–Kier alpha value is -3.68. The lowest BCUT2D eigenvalue weighted by Gasteiger charge is -2.18. The fraction of sp³-hybridized carbons (Fsp3) is 0.222. The van der Waals surface area contributed by atoms with Gasteiger partial charge in [-0.3, -0.25) is 14.9 Å². The van der Waals surface area contributed by atoms with Crippen molar-refractivity contribution in [2.45, 2.75) is 18.9 Å². The van der Waals surface area contributed by atoms with Gasteiger partial charge in [0.15, 0.2) is 0 Å². The van der Waals surface area contributed by atoms with E-state index in [1.54, 1.807) is 25.3 Å². The Labute approximate surface area is 208 Å². The summed E-state index contributed by atoms with van der Waals surface area (Å²) in [5, 5.41) is 15.7. The zero-order chi connectivity index (χ0) is 24.8. The summed E-state index contributed by atoms with van der Waals surface area (Å²) in [6, 6.07) is 22.2. The number of ether oxygens (including phenoxy) is 1. The molecule has 1 aromatic heterocycles. The minimum Gasteiger partial charge on any atom is -0.383 e. The molecule has 1 heterocycles. The quantitative estimate of drug-likeness (QED) is 0.179. The molecule has 0 spiro atoms. The van der Waals surface area contributed by atoms with Crippen LogP contribution in [0, 0.1) is 10.1 Å². The molecule has 1 atom stereocenters. The van der Waals surface area contributed by atoms with Crippen molar-refractivity contribution < 1.29 is 14.5 Å². The van der Waals surface area contributed by atoms with Crippen LogP contribution in [0.15, 0.2) is 79.0 Å². The number of aromatic nitrogens is 1. The van der Waals surface area contributed by atoms with Gasteiger partial charge < -0.3 is 14.6 Å². The highest BCUT2D eigenvalue weighted by Gasteiger charge is 2.25. The van der Waals surface area contributed by atoms with E-state index >= 15 is 0 Å². The molecule has 0 fully saturated rings. The first-order valence-corrected chi connectivity index (χ1v) is 11.7. The van der Waals surface area contributed by atoms with Gasteiger partial charge in [0.05, 0.1) is 11.5 Å². The predicted molar refractivity (Wildman–Crippen MR) is 137 cm³/mol. The van der Waals surface area contributed by atoms with E-state index in [-0.39, 0.29) is 18.0 Å². The number of halogens is 1. The Bertz CT molecular complexity index is 1340. The minimum absolute atomic E-state index is 0.00124. The van der Waals surface area contributed by atoms with E-state index in [1.165, 1.54) is 6.07 Å². The van der Waals surface area contributed by atoms with E-state index in [9.17, 15) is 14.9 Å². The van der Waals surface area contributed by atoms with Gasteiger partial charge in [0.2, 0.25) is 5.91 Å². The van der Waals surface area contributed by atoms with E-state index in [0.29, 0.717) is 24.7 Å². The van der Waals surface area contributed by atoms with Crippen molar-refractivity contribution in [1.29, 1.82) is 0 Å². The van der Waals surface area contributed by atoms with Crippen LogP contribution < -0.4 is 5.32 Å². The lowest BCUT2D eigenvalue weighted by atomic mass is 9.88. The third kappa shape index (κ3) is 5.70. The number of carbonyl (C=O) groups is 1. The molecule has 3 aromatic carbocycles. The molecule has 0 radical (unpaired) electrons. The molecule has 4 rings (SSSR count). The molecule has 0 bridgehead atoms. The summed E-state index contributed by atoms with van der Waals surface area (Å²) in [5.74, 6) is -0.547. The van der Waals surface area contributed by atoms with Crippen molar-refractivity contribution in [3.8, 4) is 0 Å². The maximum Gasteiger partial charge on any atom is 0.270 e. The Balaban J connectivity index is 1.84. The van der Waals surface area contributed by atoms with Crippen molar-refractivity contribution >= 4 is 34.1 Å². The number of nitro groups is 1. The van der Waals surface area contributed by atoms with E-state index in [4.69, 9.17) is 16.3 Å². The highest BCUT2D eigenvalue weighted by atomic mass is 35.5. The monoisotopic (exact) mass is 491 g/mol. The molecule has 4 aromatic rings. The minimum atomic E-state index is -0.403. The van der Waals surface area contributed by atoms with Gasteiger partial charge in [-0.2, -0.15) is 0 Å². The highest BCUT2D eigenvalue weighted by molar-refractivity contribution is 6.31. The molecular formula is C27H26ClN3O4. The standard InChI is InChI=1S/C27H26ClN3O4/c1-35-14-13-29-27(32)16-22(21-9-5-6-10-25(21)28)24-18-30(17-19-7-3-2-4-8-19)26-12-11-20(31(33)34)15-23(24)26/h2-12,15,18,22H,13-14,16-17H2,1H3,(H,29,32). The first kappa shape index (κ1) is 24.4. The van der Waals surface area contributed by atoms with Gasteiger partial charge in [-0.15, -0.1) is 0 Å². The third-order valence-corrected chi connectivity index (χ3v) is 6.32. The fourth-order valence-electron chi connectivity index (χ4n) is 4.31. The average Bonchev–Trinajstić information content (AvgIpc) is 3.21. The Morgan fingerprint density at radius 3 is 2.54 bits per heavy atom. The largest absolute Gasteiger partial charge is 0.383 e. The van der Waals surface area contributed by atoms with Crippen molar-refractivity contribution in [2.24, 2.45) is 0 Å². The smallest absolute Gasteiger partial charge is 0.270 e. The summed E-state index contributed by atoms with van der Waals surface area (Å²) in [6.07, 6.45) is 2.12. The van der Waals surface area contributed by atoms with Crippen molar-refractivity contribution in [2.75, 3.05) is 20.3 Å². The summed E-state index contributed by atoms with van der Waals surface area (Å²) in [4.78, 5) is 24.0. The first-order valence-electron chi connectivity index (χ1n) is 11.3. The molecule has 35 heavy (non-hydrogen) atoms. The van der Waals surface area contributed by atoms with Crippen LogP contribution in [0.1, 0.15) is 29.0 Å². The van der Waals surface area contributed by atoms with Gasteiger partial charge in [-0.1, -0.05) is 60.1 Å². The second-order valence-corrected chi connectivity index (χ2v) is 8.68. The van der Waals surface area contributed by atoms with E-state index in [2.05, 4.69) is 9.88 Å². The summed E-state index contributed by atoms with van der Waals surface area (Å²) in [6.45, 7) is 1.39. The molecule has 0 aliphatic carbocycles. The number of methoxy groups -OCH3 is 1. The lowest BCUT2D eigenvalue weighted by Crippen LogP contribution is -2.28. The predicted octanol–water partition coefficient (Wildman–Crippen LogP) is 5.54. The molecule has 0 aliphatic rings. The van der Waals surface area contributed by atoms with Crippen LogP contribution >= 0.6 is 11.6 Å². The molecule has 1 amide bonds. The number of nitro benzene ring substituents is 1. The first-order chi connectivity index (χ1) is 17.0. The summed E-state index contributed by atoms with van der Waals surface area (Å²) in [5.41, 5.74) is 3.56. The topological polar surface area (TPSA) is 86.4 Å². The summed E-state index contributed by atoms with van der Waals surface area (Å²) >= 11 is 6.58. The number of nitrogens with one attached hydrogen (secondary N) is 1. The maximum atomic E-state index is 12.9. The number of hydrogen-bond donors (Lipinski definition) is 1. The number of rotatable bonds is 10. The molecule has 1 unspecified atom stereocenters. The van der Waals surface area contributed by atoms with Crippen LogP contribution in [-0.4, -0.2) is 35.7 Å². The van der Waals surface area contributed by atoms with Crippen LogP contribution in [0.2, 0.25) is 5.02 Å². The van der Waals surface area contributed by atoms with Crippen LogP contribution in [0.4, 0.5) is 5.69 Å². The zero-order valence-corrected chi connectivity index (χ0v) is 20.1. The van der Waals surface area contributed by atoms with Gasteiger partial charge >= 0.3 is 0 Å². The molecule has 0 aliphatic heterocycles. The molecule has 0 saturated carbocycles. The fourth-order valence-corrected chi connectivity index (χ4v) is 4.58. The number of nitrogens with zero attached hydrogens (tertiary/aromatic N) is 2. The summed E-state index contributed by atoms with van der Waals surface area (Å²) < 4.78 is 7.10. The van der Waals surface area contributed by atoms with Crippen LogP contribution in [0.25, 0.3) is 10.9 Å². The second kappa shape index (κ2) is 11.2. The molecule has 8 heteroatoms. The van der Waals surface area contributed by atoms with Gasteiger partial charge in [0.1, 0.15) is 0 Å². The number of hydrogen-bond acceptors (Lipinski definition) is 4. The van der Waals surface area contributed by atoms with Gasteiger partial charge in [-0.05, 0) is 28.8 Å². The number of amides is 1. The third-order valence-electron chi connectivity index (χ3n) is 5.98. The SMILES string of the molecule is COCCNC(=O)CC(c1ccccc1Cl)c1cn(Cc2ccccc2)c2ccc([N+](=O)[O-])cc12. The molecule has 180 valence electrons. The molecule has 7 nitrogen and oxygen atoms in total. The number of carbonyl (C=O) groups excluding carboxylic acids is 1. The van der Waals surface area contributed by atoms with Crippen LogP contribution in [0.5, 0.6) is 0 Å². The van der Waals surface area contributed by atoms with Crippen molar-refractivity contribution in [3.05, 3.63) is 111 Å². The van der Waals surface area contributed by atoms with E-state index in [1.807, 2.05) is 54.7 Å². The maximum absolute atomic E-state index is 12.9. The molecule has 1 N–H and O–H groups in total. The number of fused-ring (bicyclic) bond motifs is 1. The van der Waals surface area contributed by atoms with E-state index in [0.717, 1.165) is 27.6 Å². The van der Waals surface area contributed by atoms with Crippen LogP contribution in [-0.2, 0) is 16.1 Å². The van der Waals surface area contributed by atoms with Crippen molar-refractivity contribution in [3.63, 3.8) is 0 Å². The Morgan fingerprint density at radius 2 is 1.83 bits per heavy atom. The Morgan fingerprint density at radius 1 is 1.09 bits per heavy atom. The van der Waals surface area contributed by atoms with Gasteiger partial charge in [0.25, 0.3) is 5.69 Å². The Kier molecular flexibility index (Phi) is 7.80. The summed E-state index contributed by atoms with van der Waals surface area (Å²) in [7, 11) is 1.58. The van der Waals surface area contributed by atoms with Crippen LogP contribution in [0.3, 0.4) is 0 Å². The van der Waals surface area contributed by atoms with Gasteiger partial charge in [0, 0.05) is 66.8 Å². The molecule has 0 saturated heterocycles.